The number of rotatable bonds is 3. The van der Waals surface area contributed by atoms with Gasteiger partial charge in [0.05, 0.1) is 17.3 Å². The second kappa shape index (κ2) is 5.18. The Hall–Kier alpha value is -0.880. The molecule has 1 unspecified atom stereocenters. The van der Waals surface area contributed by atoms with Crippen LogP contribution in [0.1, 0.15) is 17.2 Å². The van der Waals surface area contributed by atoms with Crippen molar-refractivity contribution in [3.63, 3.8) is 0 Å². The Morgan fingerprint density at radius 2 is 2.29 bits per heavy atom. The van der Waals surface area contributed by atoms with Crippen molar-refractivity contribution in [1.82, 2.24) is 15.2 Å². The van der Waals surface area contributed by atoms with Crippen LogP contribution < -0.4 is 11.3 Å². The van der Waals surface area contributed by atoms with Crippen molar-refractivity contribution in [2.24, 2.45) is 12.9 Å². The highest BCUT2D eigenvalue weighted by Crippen LogP contribution is 2.32. The number of nitrogens with one attached hydrogen (secondary N) is 1. The third-order valence-electron chi connectivity index (χ3n) is 2.52. The summed E-state index contributed by atoms with van der Waals surface area (Å²) in [6.07, 6.45) is 3.67. The number of hydrogen-bond acceptors (Lipinski definition) is 3. The Morgan fingerprint density at radius 3 is 2.88 bits per heavy atom. The fourth-order valence-corrected chi connectivity index (χ4v) is 2.31. The quantitative estimate of drug-likeness (QED) is 0.675. The van der Waals surface area contributed by atoms with Gasteiger partial charge >= 0.3 is 0 Å². The minimum Gasteiger partial charge on any atom is -0.275 e. The van der Waals surface area contributed by atoms with E-state index in [1.165, 1.54) is 0 Å². The molecule has 0 amide bonds. The molecule has 6 heteroatoms. The van der Waals surface area contributed by atoms with Crippen LogP contribution in [0.25, 0.3) is 0 Å². The third-order valence-corrected chi connectivity index (χ3v) is 3.83. The van der Waals surface area contributed by atoms with E-state index in [4.69, 9.17) is 17.4 Å². The molecule has 0 aliphatic rings. The number of hydrazine groups is 1. The van der Waals surface area contributed by atoms with E-state index in [1.807, 2.05) is 31.4 Å². The van der Waals surface area contributed by atoms with Gasteiger partial charge in [-0.25, -0.2) is 5.43 Å². The maximum Gasteiger partial charge on any atom is 0.0755 e. The molecule has 4 nitrogen and oxygen atoms in total. The van der Waals surface area contributed by atoms with Crippen molar-refractivity contribution in [3.8, 4) is 0 Å². The average Bonchev–Trinajstić information content (AvgIpc) is 2.72. The number of hydrogen-bond donors (Lipinski definition) is 2. The Kier molecular flexibility index (Phi) is 3.83. The number of nitrogens with zero attached hydrogens (tertiary/aromatic N) is 2. The Morgan fingerprint density at radius 1 is 1.53 bits per heavy atom. The first-order valence-electron chi connectivity index (χ1n) is 5.02. The van der Waals surface area contributed by atoms with Crippen LogP contribution >= 0.6 is 27.5 Å². The fourth-order valence-electron chi connectivity index (χ4n) is 1.70. The highest BCUT2D eigenvalue weighted by Gasteiger charge is 2.18. The van der Waals surface area contributed by atoms with E-state index in [-0.39, 0.29) is 6.04 Å². The molecule has 0 spiro atoms. The van der Waals surface area contributed by atoms with E-state index in [1.54, 1.807) is 10.9 Å². The number of nitrogens with two attached hydrogens (primary N) is 1. The van der Waals surface area contributed by atoms with Crippen LogP contribution in [0.4, 0.5) is 0 Å². The van der Waals surface area contributed by atoms with E-state index in [9.17, 15) is 0 Å². The van der Waals surface area contributed by atoms with Crippen LogP contribution in [-0.2, 0) is 7.05 Å². The summed E-state index contributed by atoms with van der Waals surface area (Å²) >= 11 is 9.65. The monoisotopic (exact) mass is 314 g/mol. The summed E-state index contributed by atoms with van der Waals surface area (Å²) < 4.78 is 2.58. The molecule has 17 heavy (non-hydrogen) atoms. The molecule has 1 heterocycles. The van der Waals surface area contributed by atoms with Crippen LogP contribution in [0.5, 0.6) is 0 Å². The Labute approximate surface area is 113 Å². The molecule has 0 bridgehead atoms. The van der Waals surface area contributed by atoms with Gasteiger partial charge in [-0.05, 0) is 27.6 Å². The molecule has 2 aromatic rings. The Bertz CT molecular complexity index is 526. The molecule has 0 saturated carbocycles. The smallest absolute Gasteiger partial charge is 0.0755 e. The van der Waals surface area contributed by atoms with Crippen molar-refractivity contribution in [3.05, 3.63) is 51.2 Å². The third kappa shape index (κ3) is 2.52. The number of aryl methyl sites for hydroxylation is 1. The lowest BCUT2D eigenvalue weighted by Crippen LogP contribution is -2.28. The Balaban J connectivity index is 2.45. The molecule has 1 atom stereocenters. The van der Waals surface area contributed by atoms with Gasteiger partial charge in [-0.2, -0.15) is 5.10 Å². The molecule has 2 rings (SSSR count). The number of halogens is 2. The molecule has 0 aliphatic carbocycles. The largest absolute Gasteiger partial charge is 0.275 e. The first-order chi connectivity index (χ1) is 8.13. The summed E-state index contributed by atoms with van der Waals surface area (Å²) in [5, 5.41) is 4.78. The van der Waals surface area contributed by atoms with Gasteiger partial charge in [0, 0.05) is 23.3 Å². The first kappa shape index (κ1) is 12.6. The summed E-state index contributed by atoms with van der Waals surface area (Å²) in [6.45, 7) is 0. The normalized spacial score (nSPS) is 12.7. The van der Waals surface area contributed by atoms with E-state index in [2.05, 4.69) is 26.5 Å². The molecular weight excluding hydrogens is 304 g/mol. The van der Waals surface area contributed by atoms with Gasteiger partial charge in [0.1, 0.15) is 0 Å². The molecular formula is C11H12BrClN4. The van der Waals surface area contributed by atoms with Gasteiger partial charge < -0.3 is 0 Å². The van der Waals surface area contributed by atoms with Crippen LogP contribution in [-0.4, -0.2) is 9.78 Å². The lowest BCUT2D eigenvalue weighted by molar-refractivity contribution is 0.635. The molecule has 1 aromatic carbocycles. The molecule has 0 radical (unpaired) electrons. The molecule has 3 N–H and O–H groups in total. The highest BCUT2D eigenvalue weighted by molar-refractivity contribution is 9.10. The zero-order valence-electron chi connectivity index (χ0n) is 9.19. The van der Waals surface area contributed by atoms with Gasteiger partial charge in [0.2, 0.25) is 0 Å². The highest BCUT2D eigenvalue weighted by atomic mass is 79.9. The summed E-state index contributed by atoms with van der Waals surface area (Å²) in [6, 6.07) is 5.58. The topological polar surface area (TPSA) is 55.9 Å². The predicted molar refractivity (Wildman–Crippen MR) is 71.5 cm³/mol. The number of aromatic nitrogens is 2. The lowest BCUT2D eigenvalue weighted by Gasteiger charge is -2.16. The second-order valence-electron chi connectivity index (χ2n) is 3.69. The zero-order valence-corrected chi connectivity index (χ0v) is 11.5. The van der Waals surface area contributed by atoms with Gasteiger partial charge in [0.25, 0.3) is 0 Å². The standard InChI is InChI=1S/C11H12BrClN4/c1-17-6-7(5-15-17)11(16-14)8-3-2-4-9(12)10(8)13/h2-6,11,16H,14H2,1H3. The minimum absolute atomic E-state index is 0.173. The van der Waals surface area contributed by atoms with E-state index in [0.717, 1.165) is 15.6 Å². The van der Waals surface area contributed by atoms with E-state index in [0.29, 0.717) is 5.02 Å². The molecule has 0 saturated heterocycles. The van der Waals surface area contributed by atoms with Gasteiger partial charge in [-0.1, -0.05) is 23.7 Å². The average molecular weight is 316 g/mol. The molecule has 0 aliphatic heterocycles. The van der Waals surface area contributed by atoms with Crippen LogP contribution in [0.15, 0.2) is 35.1 Å². The van der Waals surface area contributed by atoms with Crippen LogP contribution in [0.3, 0.4) is 0 Å². The maximum atomic E-state index is 6.25. The van der Waals surface area contributed by atoms with Crippen LogP contribution in [0.2, 0.25) is 5.02 Å². The van der Waals surface area contributed by atoms with Gasteiger partial charge in [-0.15, -0.1) is 0 Å². The summed E-state index contributed by atoms with van der Waals surface area (Å²) in [5.41, 5.74) is 4.64. The van der Waals surface area contributed by atoms with E-state index < -0.39 is 0 Å². The van der Waals surface area contributed by atoms with Crippen molar-refractivity contribution >= 4 is 27.5 Å². The molecule has 90 valence electrons. The van der Waals surface area contributed by atoms with Crippen molar-refractivity contribution in [1.29, 1.82) is 0 Å². The lowest BCUT2D eigenvalue weighted by atomic mass is 10.0. The SMILES string of the molecule is Cn1cc(C(NN)c2cccc(Br)c2Cl)cn1. The first-order valence-corrected chi connectivity index (χ1v) is 6.19. The molecule has 0 fully saturated rings. The number of benzene rings is 1. The summed E-state index contributed by atoms with van der Waals surface area (Å²) in [4.78, 5) is 0. The van der Waals surface area contributed by atoms with Crippen LogP contribution in [0, 0.1) is 0 Å². The van der Waals surface area contributed by atoms with E-state index >= 15 is 0 Å². The van der Waals surface area contributed by atoms with Crippen molar-refractivity contribution in [2.45, 2.75) is 6.04 Å². The summed E-state index contributed by atoms with van der Waals surface area (Å²) in [7, 11) is 1.86. The molecule has 1 aromatic heterocycles. The zero-order chi connectivity index (χ0) is 12.4. The summed E-state index contributed by atoms with van der Waals surface area (Å²) in [5.74, 6) is 5.60. The fraction of sp³-hybridized carbons (Fsp3) is 0.182. The maximum absolute atomic E-state index is 6.25. The van der Waals surface area contributed by atoms with Crippen molar-refractivity contribution < 1.29 is 0 Å². The van der Waals surface area contributed by atoms with Gasteiger partial charge in [-0.3, -0.25) is 10.5 Å². The van der Waals surface area contributed by atoms with Gasteiger partial charge in [0.15, 0.2) is 0 Å². The second-order valence-corrected chi connectivity index (χ2v) is 4.92. The minimum atomic E-state index is -0.173. The predicted octanol–water partition coefficient (Wildman–Crippen LogP) is 2.39. The van der Waals surface area contributed by atoms with Crippen molar-refractivity contribution in [2.75, 3.05) is 0 Å².